The first-order chi connectivity index (χ1) is 13.6. The molecule has 4 nitrogen and oxygen atoms in total. The molecular weight excluding hydrogens is 364 g/mol. The minimum absolute atomic E-state index is 0.195. The molecule has 4 aliphatic rings. The van der Waals surface area contributed by atoms with E-state index in [1.54, 1.807) is 0 Å². The minimum atomic E-state index is -0.685. The molecule has 4 aliphatic carbocycles. The molecule has 0 spiro atoms. The van der Waals surface area contributed by atoms with Crippen molar-refractivity contribution in [3.8, 4) is 0 Å². The fourth-order valence-electron chi connectivity index (χ4n) is 9.18. The Balaban J connectivity index is 1.59. The van der Waals surface area contributed by atoms with E-state index in [-0.39, 0.29) is 35.4 Å². The van der Waals surface area contributed by atoms with E-state index in [1.165, 1.54) is 25.7 Å². The molecular formula is C25H42O4. The summed E-state index contributed by atoms with van der Waals surface area (Å²) in [5, 5.41) is 31.0. The SMILES string of the molecule is C[C@H](CCC(=O)O)[C@H]1CC[C@H]2C3[C@H](O)[C@H](C)C4C[C@H](O)CCC4(C)[C@H]3CCC12C. The van der Waals surface area contributed by atoms with Gasteiger partial charge in [0.1, 0.15) is 0 Å². The quantitative estimate of drug-likeness (QED) is 0.631. The number of aliphatic carboxylic acids is 1. The summed E-state index contributed by atoms with van der Waals surface area (Å²) in [6.45, 7) is 9.41. The van der Waals surface area contributed by atoms with E-state index in [0.29, 0.717) is 35.5 Å². The summed E-state index contributed by atoms with van der Waals surface area (Å²) < 4.78 is 0. The topological polar surface area (TPSA) is 77.8 Å². The molecule has 0 bridgehead atoms. The molecule has 4 unspecified atom stereocenters. The summed E-state index contributed by atoms with van der Waals surface area (Å²) in [5.41, 5.74) is 0.480. The Morgan fingerprint density at radius 2 is 1.66 bits per heavy atom. The Kier molecular flexibility index (Phi) is 5.60. The first kappa shape index (κ1) is 21.6. The highest BCUT2D eigenvalue weighted by molar-refractivity contribution is 5.66. The number of carboxylic acid groups (broad SMARTS) is 1. The third-order valence-corrected chi connectivity index (χ3v) is 10.7. The van der Waals surface area contributed by atoms with Crippen molar-refractivity contribution in [1.29, 1.82) is 0 Å². The summed E-state index contributed by atoms with van der Waals surface area (Å²) >= 11 is 0. The van der Waals surface area contributed by atoms with Crippen LogP contribution in [0.2, 0.25) is 0 Å². The first-order valence-electron chi connectivity index (χ1n) is 12.2. The van der Waals surface area contributed by atoms with Crippen LogP contribution >= 0.6 is 0 Å². The van der Waals surface area contributed by atoms with Gasteiger partial charge in [0.15, 0.2) is 0 Å². The molecule has 4 fully saturated rings. The monoisotopic (exact) mass is 406 g/mol. The molecule has 3 N–H and O–H groups in total. The van der Waals surface area contributed by atoms with E-state index in [1.807, 2.05) is 0 Å². The summed E-state index contributed by atoms with van der Waals surface area (Å²) in [4.78, 5) is 11.1. The maximum Gasteiger partial charge on any atom is 0.303 e. The number of rotatable bonds is 4. The second kappa shape index (κ2) is 7.51. The first-order valence-corrected chi connectivity index (χ1v) is 12.2. The van der Waals surface area contributed by atoms with Crippen molar-refractivity contribution in [3.05, 3.63) is 0 Å². The van der Waals surface area contributed by atoms with E-state index < -0.39 is 5.97 Å². The lowest BCUT2D eigenvalue weighted by Gasteiger charge is -2.64. The molecule has 4 saturated carbocycles. The lowest BCUT2D eigenvalue weighted by molar-refractivity contribution is -0.199. The van der Waals surface area contributed by atoms with Crippen molar-refractivity contribution in [3.63, 3.8) is 0 Å². The average molecular weight is 407 g/mol. The molecule has 0 aromatic heterocycles. The largest absolute Gasteiger partial charge is 0.481 e. The Bertz CT molecular complexity index is 634. The fraction of sp³-hybridized carbons (Fsp3) is 0.960. The molecule has 4 heteroatoms. The van der Waals surface area contributed by atoms with Gasteiger partial charge in [-0.25, -0.2) is 0 Å². The van der Waals surface area contributed by atoms with Crippen molar-refractivity contribution in [2.75, 3.05) is 0 Å². The number of hydrogen-bond donors (Lipinski definition) is 3. The summed E-state index contributed by atoms with van der Waals surface area (Å²) in [6.07, 6.45) is 8.22. The van der Waals surface area contributed by atoms with E-state index in [2.05, 4.69) is 27.7 Å². The molecule has 0 saturated heterocycles. The van der Waals surface area contributed by atoms with Crippen molar-refractivity contribution in [1.82, 2.24) is 0 Å². The van der Waals surface area contributed by atoms with Crippen molar-refractivity contribution < 1.29 is 20.1 Å². The standard InChI is InChI=1S/C25H42O4/c1-14(5-8-21(27)28)17-6-7-18-22-19(10-12-24(17,18)3)25(4)11-9-16(26)13-20(25)15(2)23(22)29/h14-20,22-23,26,29H,5-13H2,1-4H3,(H,27,28)/t14-,15-,16-,17-,18+,19+,20?,22?,23-,24?,25?/m1/s1. The zero-order valence-corrected chi connectivity index (χ0v) is 18.8. The smallest absolute Gasteiger partial charge is 0.303 e. The second-order valence-electron chi connectivity index (χ2n) is 11.8. The zero-order valence-electron chi connectivity index (χ0n) is 18.8. The van der Waals surface area contributed by atoms with Gasteiger partial charge in [-0.1, -0.05) is 27.7 Å². The lowest BCUT2D eigenvalue weighted by Crippen LogP contribution is -2.61. The number of hydrogen-bond acceptors (Lipinski definition) is 3. The zero-order chi connectivity index (χ0) is 21.1. The third-order valence-electron chi connectivity index (χ3n) is 10.7. The number of aliphatic hydroxyl groups excluding tert-OH is 2. The van der Waals surface area contributed by atoms with Gasteiger partial charge < -0.3 is 15.3 Å². The maximum absolute atomic E-state index is 11.5. The van der Waals surface area contributed by atoms with Crippen LogP contribution in [0.15, 0.2) is 0 Å². The molecule has 29 heavy (non-hydrogen) atoms. The molecule has 166 valence electrons. The van der Waals surface area contributed by atoms with Crippen molar-refractivity contribution in [2.45, 2.75) is 97.7 Å². The van der Waals surface area contributed by atoms with Gasteiger partial charge in [-0.2, -0.15) is 0 Å². The van der Waals surface area contributed by atoms with Crippen LogP contribution in [0.1, 0.15) is 85.5 Å². The highest BCUT2D eigenvalue weighted by atomic mass is 16.4. The van der Waals surface area contributed by atoms with E-state index >= 15 is 0 Å². The van der Waals surface area contributed by atoms with Gasteiger partial charge in [-0.05, 0) is 104 Å². The van der Waals surface area contributed by atoms with Crippen LogP contribution in [0.4, 0.5) is 0 Å². The molecule has 0 aromatic carbocycles. The second-order valence-corrected chi connectivity index (χ2v) is 11.8. The minimum Gasteiger partial charge on any atom is -0.481 e. The van der Waals surface area contributed by atoms with Crippen LogP contribution < -0.4 is 0 Å². The predicted octanol–water partition coefficient (Wildman–Crippen LogP) is 4.72. The molecule has 0 amide bonds. The Morgan fingerprint density at radius 1 is 1.00 bits per heavy atom. The van der Waals surface area contributed by atoms with E-state index in [9.17, 15) is 15.0 Å². The highest BCUT2D eigenvalue weighted by Gasteiger charge is 2.64. The normalized spacial score (nSPS) is 52.9. The number of fused-ring (bicyclic) bond motifs is 5. The van der Waals surface area contributed by atoms with Gasteiger partial charge >= 0.3 is 5.97 Å². The maximum atomic E-state index is 11.5. The Morgan fingerprint density at radius 3 is 2.34 bits per heavy atom. The van der Waals surface area contributed by atoms with Crippen molar-refractivity contribution >= 4 is 5.97 Å². The highest BCUT2D eigenvalue weighted by Crippen LogP contribution is 2.69. The van der Waals surface area contributed by atoms with Gasteiger partial charge in [0.05, 0.1) is 12.2 Å². The number of carboxylic acids is 1. The van der Waals surface area contributed by atoms with Gasteiger partial charge in [0.25, 0.3) is 0 Å². The van der Waals surface area contributed by atoms with Crippen LogP contribution in [-0.4, -0.2) is 33.5 Å². The fourth-order valence-corrected chi connectivity index (χ4v) is 9.18. The van der Waals surface area contributed by atoms with Gasteiger partial charge in [0, 0.05) is 6.42 Å². The molecule has 4 rings (SSSR count). The average Bonchev–Trinajstić information content (AvgIpc) is 3.02. The van der Waals surface area contributed by atoms with E-state index in [0.717, 1.165) is 25.7 Å². The van der Waals surface area contributed by atoms with Crippen molar-refractivity contribution in [2.24, 2.45) is 52.3 Å². The van der Waals surface area contributed by atoms with Crippen LogP contribution in [0.25, 0.3) is 0 Å². The number of carbonyl (C=O) groups is 1. The summed E-state index contributed by atoms with van der Waals surface area (Å²) in [7, 11) is 0. The summed E-state index contributed by atoms with van der Waals surface area (Å²) in [5.74, 6) is 2.50. The van der Waals surface area contributed by atoms with Crippen LogP contribution in [0, 0.1) is 52.3 Å². The van der Waals surface area contributed by atoms with Crippen LogP contribution in [0.5, 0.6) is 0 Å². The van der Waals surface area contributed by atoms with Gasteiger partial charge in [-0.3, -0.25) is 4.79 Å². The molecule has 0 aromatic rings. The Labute approximate surface area is 176 Å². The molecule has 11 atom stereocenters. The van der Waals surface area contributed by atoms with Gasteiger partial charge in [0.2, 0.25) is 0 Å². The number of aliphatic hydroxyl groups is 2. The molecule has 0 aliphatic heterocycles. The third kappa shape index (κ3) is 3.28. The van der Waals surface area contributed by atoms with Crippen LogP contribution in [0.3, 0.4) is 0 Å². The van der Waals surface area contributed by atoms with E-state index in [4.69, 9.17) is 5.11 Å². The summed E-state index contributed by atoms with van der Waals surface area (Å²) in [6, 6.07) is 0. The van der Waals surface area contributed by atoms with Crippen LogP contribution in [-0.2, 0) is 4.79 Å². The Hall–Kier alpha value is -0.610. The lowest BCUT2D eigenvalue weighted by atomic mass is 9.42. The van der Waals surface area contributed by atoms with Gasteiger partial charge in [-0.15, -0.1) is 0 Å². The molecule has 0 heterocycles. The predicted molar refractivity (Wildman–Crippen MR) is 113 cm³/mol. The molecule has 0 radical (unpaired) electrons.